The molecule has 0 saturated heterocycles. The van der Waals surface area contributed by atoms with Gasteiger partial charge < -0.3 is 11.1 Å². The van der Waals surface area contributed by atoms with Gasteiger partial charge in [-0.05, 0) is 17.7 Å². The van der Waals surface area contributed by atoms with Crippen LogP contribution in [0.3, 0.4) is 0 Å². The van der Waals surface area contributed by atoms with E-state index in [9.17, 15) is 14.9 Å². The van der Waals surface area contributed by atoms with Crippen LogP contribution in [0, 0.1) is 10.1 Å². The van der Waals surface area contributed by atoms with Crippen molar-refractivity contribution in [2.75, 3.05) is 5.73 Å². The number of amides is 1. The third-order valence-electron chi connectivity index (χ3n) is 2.65. The van der Waals surface area contributed by atoms with Crippen LogP contribution in [-0.4, -0.2) is 15.8 Å². The average Bonchev–Trinajstić information content (AvgIpc) is 2.44. The van der Waals surface area contributed by atoms with Gasteiger partial charge in [0, 0.05) is 24.2 Å². The second kappa shape index (κ2) is 6.19. The van der Waals surface area contributed by atoms with Crippen LogP contribution in [0.4, 0.5) is 11.5 Å². The summed E-state index contributed by atoms with van der Waals surface area (Å²) in [5.41, 5.74) is 6.37. The molecule has 0 unspecified atom stereocenters. The minimum Gasteiger partial charge on any atom is -0.384 e. The van der Waals surface area contributed by atoms with Crippen molar-refractivity contribution in [1.82, 2.24) is 10.3 Å². The van der Waals surface area contributed by atoms with Gasteiger partial charge >= 0.3 is 0 Å². The van der Waals surface area contributed by atoms with Gasteiger partial charge in [0.2, 0.25) is 0 Å². The number of nitrogen functional groups attached to an aromatic ring is 1. The van der Waals surface area contributed by atoms with Crippen molar-refractivity contribution in [3.63, 3.8) is 0 Å². The van der Waals surface area contributed by atoms with Crippen LogP contribution in [0.5, 0.6) is 0 Å². The lowest BCUT2D eigenvalue weighted by molar-refractivity contribution is -0.384. The molecule has 21 heavy (non-hydrogen) atoms. The van der Waals surface area contributed by atoms with E-state index in [1.54, 1.807) is 12.1 Å². The number of nitro benzene ring substituents is 1. The number of nitrogens with two attached hydrogens (primary N) is 1. The lowest BCUT2D eigenvalue weighted by atomic mass is 10.2. The van der Waals surface area contributed by atoms with Gasteiger partial charge in [-0.1, -0.05) is 23.7 Å². The molecule has 1 amide bonds. The molecule has 0 saturated carbocycles. The standard InChI is InChI=1S/C13H11ClN4O3/c14-11-5-9(6-12(15)17-11)13(19)16-7-8-2-1-3-10(4-8)18(20)21/h1-6H,7H2,(H2,15,17)(H,16,19). The molecule has 0 bridgehead atoms. The molecular formula is C13H11ClN4O3. The number of nitrogens with zero attached hydrogens (tertiary/aromatic N) is 2. The van der Waals surface area contributed by atoms with E-state index in [-0.39, 0.29) is 28.8 Å². The first-order chi connectivity index (χ1) is 9.95. The number of carbonyl (C=O) groups excluding carboxylic acids is 1. The maximum absolute atomic E-state index is 12.0. The quantitative estimate of drug-likeness (QED) is 0.511. The first-order valence-electron chi connectivity index (χ1n) is 5.90. The van der Waals surface area contributed by atoms with Crippen molar-refractivity contribution in [3.8, 4) is 0 Å². The summed E-state index contributed by atoms with van der Waals surface area (Å²) < 4.78 is 0. The topological polar surface area (TPSA) is 111 Å². The van der Waals surface area contributed by atoms with E-state index in [1.165, 1.54) is 24.3 Å². The number of hydrogen-bond donors (Lipinski definition) is 2. The van der Waals surface area contributed by atoms with Crippen LogP contribution in [0.2, 0.25) is 5.15 Å². The van der Waals surface area contributed by atoms with Gasteiger partial charge in [-0.15, -0.1) is 0 Å². The molecule has 0 aliphatic rings. The Bertz CT molecular complexity index is 685. The van der Waals surface area contributed by atoms with Crippen molar-refractivity contribution < 1.29 is 9.72 Å². The van der Waals surface area contributed by atoms with Crippen LogP contribution >= 0.6 is 11.6 Å². The maximum Gasteiger partial charge on any atom is 0.269 e. The summed E-state index contributed by atoms with van der Waals surface area (Å²) in [6.07, 6.45) is 0. The van der Waals surface area contributed by atoms with E-state index < -0.39 is 10.8 Å². The predicted octanol–water partition coefficient (Wildman–Crippen LogP) is 2.16. The first kappa shape index (κ1) is 14.7. The number of halogens is 1. The minimum atomic E-state index is -0.491. The third-order valence-corrected chi connectivity index (χ3v) is 2.84. The van der Waals surface area contributed by atoms with Gasteiger partial charge in [0.05, 0.1) is 4.92 Å². The Morgan fingerprint density at radius 1 is 1.38 bits per heavy atom. The van der Waals surface area contributed by atoms with E-state index in [4.69, 9.17) is 17.3 Å². The third kappa shape index (κ3) is 3.90. The monoisotopic (exact) mass is 306 g/mol. The van der Waals surface area contributed by atoms with E-state index in [0.717, 1.165) is 0 Å². The molecule has 2 aromatic rings. The molecule has 1 aromatic heterocycles. The predicted molar refractivity (Wildman–Crippen MR) is 77.9 cm³/mol. The lowest BCUT2D eigenvalue weighted by Crippen LogP contribution is -2.23. The SMILES string of the molecule is Nc1cc(C(=O)NCc2cccc([N+](=O)[O-])c2)cc(Cl)n1. The van der Waals surface area contributed by atoms with Crippen LogP contribution in [0.1, 0.15) is 15.9 Å². The summed E-state index contributed by atoms with van der Waals surface area (Å²) in [7, 11) is 0. The molecule has 0 aliphatic heterocycles. The first-order valence-corrected chi connectivity index (χ1v) is 6.28. The smallest absolute Gasteiger partial charge is 0.269 e. The van der Waals surface area contributed by atoms with E-state index in [0.29, 0.717) is 5.56 Å². The van der Waals surface area contributed by atoms with E-state index in [2.05, 4.69) is 10.3 Å². The van der Waals surface area contributed by atoms with Crippen LogP contribution in [0.15, 0.2) is 36.4 Å². The number of pyridine rings is 1. The molecule has 1 heterocycles. The summed E-state index contributed by atoms with van der Waals surface area (Å²) >= 11 is 5.72. The fraction of sp³-hybridized carbons (Fsp3) is 0.0769. The van der Waals surface area contributed by atoms with Gasteiger partial charge in [0.1, 0.15) is 11.0 Å². The van der Waals surface area contributed by atoms with Crippen molar-refractivity contribution in [2.24, 2.45) is 0 Å². The molecule has 8 heteroatoms. The van der Waals surface area contributed by atoms with Crippen molar-refractivity contribution in [2.45, 2.75) is 6.54 Å². The molecule has 1 aromatic carbocycles. The van der Waals surface area contributed by atoms with Crippen molar-refractivity contribution in [1.29, 1.82) is 0 Å². The van der Waals surface area contributed by atoms with Crippen LogP contribution < -0.4 is 11.1 Å². The molecule has 7 nitrogen and oxygen atoms in total. The molecule has 0 spiro atoms. The van der Waals surface area contributed by atoms with Crippen molar-refractivity contribution >= 4 is 29.0 Å². The maximum atomic E-state index is 12.0. The number of anilines is 1. The highest BCUT2D eigenvalue weighted by molar-refractivity contribution is 6.29. The highest BCUT2D eigenvalue weighted by atomic mass is 35.5. The van der Waals surface area contributed by atoms with Crippen LogP contribution in [0.25, 0.3) is 0 Å². The largest absolute Gasteiger partial charge is 0.384 e. The van der Waals surface area contributed by atoms with Gasteiger partial charge in [-0.25, -0.2) is 4.98 Å². The summed E-state index contributed by atoms with van der Waals surface area (Å²) in [5, 5.41) is 13.4. The Morgan fingerprint density at radius 2 is 2.14 bits per heavy atom. The summed E-state index contributed by atoms with van der Waals surface area (Å²) in [6.45, 7) is 0.153. The van der Waals surface area contributed by atoms with Crippen LogP contribution in [-0.2, 0) is 6.54 Å². The molecule has 3 N–H and O–H groups in total. The highest BCUT2D eigenvalue weighted by Crippen LogP contribution is 2.14. The zero-order valence-electron chi connectivity index (χ0n) is 10.7. The summed E-state index contributed by atoms with van der Waals surface area (Å²) in [6, 6.07) is 8.81. The van der Waals surface area contributed by atoms with Gasteiger partial charge in [0.15, 0.2) is 0 Å². The average molecular weight is 307 g/mol. The summed E-state index contributed by atoms with van der Waals surface area (Å²) in [5.74, 6) is -0.250. The number of nitro groups is 1. The molecule has 108 valence electrons. The Labute approximate surface area is 124 Å². The number of aromatic nitrogens is 1. The fourth-order valence-electron chi connectivity index (χ4n) is 1.71. The zero-order chi connectivity index (χ0) is 15.4. The fourth-order valence-corrected chi connectivity index (χ4v) is 1.93. The number of nitrogens with one attached hydrogen (secondary N) is 1. The minimum absolute atomic E-state index is 0.0297. The van der Waals surface area contributed by atoms with Gasteiger partial charge in [-0.3, -0.25) is 14.9 Å². The Morgan fingerprint density at radius 3 is 2.81 bits per heavy atom. The molecule has 2 rings (SSSR count). The Hall–Kier alpha value is -2.67. The molecule has 0 radical (unpaired) electrons. The molecule has 0 aliphatic carbocycles. The molecule has 0 atom stereocenters. The number of carbonyl (C=O) groups is 1. The summed E-state index contributed by atoms with van der Waals surface area (Å²) in [4.78, 5) is 25.9. The van der Waals surface area contributed by atoms with Crippen molar-refractivity contribution in [3.05, 3.63) is 62.8 Å². The number of non-ortho nitro benzene ring substituents is 1. The molecule has 0 fully saturated rings. The second-order valence-electron chi connectivity index (χ2n) is 4.21. The second-order valence-corrected chi connectivity index (χ2v) is 4.60. The Balaban J connectivity index is 2.07. The van der Waals surface area contributed by atoms with E-state index >= 15 is 0 Å². The Kier molecular flexibility index (Phi) is 4.34. The molecular weight excluding hydrogens is 296 g/mol. The lowest BCUT2D eigenvalue weighted by Gasteiger charge is -2.06. The van der Waals surface area contributed by atoms with Gasteiger partial charge in [0.25, 0.3) is 11.6 Å². The normalized spacial score (nSPS) is 10.1. The van der Waals surface area contributed by atoms with E-state index in [1.807, 2.05) is 0 Å². The highest BCUT2D eigenvalue weighted by Gasteiger charge is 2.10. The zero-order valence-corrected chi connectivity index (χ0v) is 11.5. The number of rotatable bonds is 4. The van der Waals surface area contributed by atoms with Gasteiger partial charge in [-0.2, -0.15) is 0 Å². The number of hydrogen-bond acceptors (Lipinski definition) is 5. The number of benzene rings is 1.